The standard InChI is InChI=1S/C19H18N4O4S/c24-14(22-8-4-1-5-9-22)10-23-16(13-6-2-3-7-20-13)21-17-15(18(23)25)12(11-28-17)19(26)27/h2-3,6-7,11H,1,4-5,8-10H2,(H,26,27). The first-order valence-electron chi connectivity index (χ1n) is 9.01. The Kier molecular flexibility index (Phi) is 4.91. The van der Waals surface area contributed by atoms with E-state index in [0.717, 1.165) is 30.6 Å². The van der Waals surface area contributed by atoms with Gasteiger partial charge in [-0.05, 0) is 31.4 Å². The first kappa shape index (κ1) is 18.3. The van der Waals surface area contributed by atoms with E-state index in [1.165, 1.54) is 9.95 Å². The van der Waals surface area contributed by atoms with Gasteiger partial charge in [0, 0.05) is 24.7 Å². The summed E-state index contributed by atoms with van der Waals surface area (Å²) in [7, 11) is 0. The summed E-state index contributed by atoms with van der Waals surface area (Å²) in [5, 5.41) is 10.8. The molecule has 0 bridgehead atoms. The summed E-state index contributed by atoms with van der Waals surface area (Å²) < 4.78 is 1.25. The van der Waals surface area contributed by atoms with Crippen molar-refractivity contribution in [1.29, 1.82) is 0 Å². The van der Waals surface area contributed by atoms with Crippen LogP contribution in [-0.2, 0) is 11.3 Å². The van der Waals surface area contributed by atoms with E-state index >= 15 is 0 Å². The molecule has 0 spiro atoms. The normalized spacial score (nSPS) is 14.4. The van der Waals surface area contributed by atoms with Crippen molar-refractivity contribution < 1.29 is 14.7 Å². The van der Waals surface area contributed by atoms with Crippen LogP contribution in [0, 0.1) is 0 Å². The molecular weight excluding hydrogens is 380 g/mol. The number of aromatic carboxylic acids is 1. The van der Waals surface area contributed by atoms with E-state index in [9.17, 15) is 19.5 Å². The molecule has 1 aliphatic heterocycles. The van der Waals surface area contributed by atoms with Crippen LogP contribution in [0.4, 0.5) is 0 Å². The molecule has 1 saturated heterocycles. The highest BCUT2D eigenvalue weighted by Crippen LogP contribution is 2.25. The number of pyridine rings is 1. The number of piperidine rings is 1. The van der Waals surface area contributed by atoms with Crippen molar-refractivity contribution in [3.05, 3.63) is 45.7 Å². The van der Waals surface area contributed by atoms with Crippen LogP contribution >= 0.6 is 11.3 Å². The van der Waals surface area contributed by atoms with E-state index in [1.807, 2.05) is 0 Å². The highest BCUT2D eigenvalue weighted by molar-refractivity contribution is 7.17. The number of likely N-dealkylation sites (tertiary alicyclic amines) is 1. The van der Waals surface area contributed by atoms with Gasteiger partial charge in [0.15, 0.2) is 5.82 Å². The number of carbonyl (C=O) groups excluding carboxylic acids is 1. The fourth-order valence-corrected chi connectivity index (χ4v) is 4.30. The third kappa shape index (κ3) is 3.29. The summed E-state index contributed by atoms with van der Waals surface area (Å²) in [6, 6.07) is 5.23. The van der Waals surface area contributed by atoms with Gasteiger partial charge in [0.2, 0.25) is 5.91 Å². The second kappa shape index (κ2) is 7.51. The maximum atomic E-state index is 13.2. The number of thiophene rings is 1. The molecule has 1 aliphatic rings. The van der Waals surface area contributed by atoms with Gasteiger partial charge in [-0.3, -0.25) is 19.1 Å². The highest BCUT2D eigenvalue weighted by atomic mass is 32.1. The molecule has 0 aliphatic carbocycles. The largest absolute Gasteiger partial charge is 0.478 e. The number of carboxylic acids is 1. The Morgan fingerprint density at radius 2 is 1.96 bits per heavy atom. The van der Waals surface area contributed by atoms with Crippen molar-refractivity contribution in [2.24, 2.45) is 0 Å². The topological polar surface area (TPSA) is 105 Å². The number of amides is 1. The van der Waals surface area contributed by atoms with E-state index in [4.69, 9.17) is 0 Å². The molecular formula is C19H18N4O4S. The lowest BCUT2D eigenvalue weighted by Gasteiger charge is -2.27. The lowest BCUT2D eigenvalue weighted by atomic mass is 10.1. The van der Waals surface area contributed by atoms with Crippen LogP contribution < -0.4 is 5.56 Å². The Balaban J connectivity index is 1.86. The third-order valence-electron chi connectivity index (χ3n) is 4.82. The van der Waals surface area contributed by atoms with Gasteiger partial charge in [-0.25, -0.2) is 9.78 Å². The minimum atomic E-state index is -1.19. The van der Waals surface area contributed by atoms with Gasteiger partial charge in [-0.2, -0.15) is 0 Å². The number of rotatable bonds is 4. The second-order valence-electron chi connectivity index (χ2n) is 6.62. The minimum Gasteiger partial charge on any atom is -0.478 e. The van der Waals surface area contributed by atoms with E-state index < -0.39 is 11.5 Å². The molecule has 28 heavy (non-hydrogen) atoms. The summed E-state index contributed by atoms with van der Waals surface area (Å²) in [6.45, 7) is 1.14. The molecule has 9 heteroatoms. The molecule has 4 heterocycles. The molecule has 4 rings (SSSR count). The van der Waals surface area contributed by atoms with E-state index in [2.05, 4.69) is 9.97 Å². The monoisotopic (exact) mass is 398 g/mol. The van der Waals surface area contributed by atoms with Gasteiger partial charge < -0.3 is 10.0 Å². The summed E-state index contributed by atoms with van der Waals surface area (Å²) in [6.07, 6.45) is 4.56. The molecule has 8 nitrogen and oxygen atoms in total. The van der Waals surface area contributed by atoms with Crippen molar-refractivity contribution in [2.45, 2.75) is 25.8 Å². The van der Waals surface area contributed by atoms with Crippen molar-refractivity contribution in [3.63, 3.8) is 0 Å². The summed E-state index contributed by atoms with van der Waals surface area (Å²) >= 11 is 1.09. The van der Waals surface area contributed by atoms with Crippen molar-refractivity contribution in [1.82, 2.24) is 19.4 Å². The van der Waals surface area contributed by atoms with Crippen LogP contribution in [0.1, 0.15) is 29.6 Å². The maximum absolute atomic E-state index is 13.2. The summed E-state index contributed by atoms with van der Waals surface area (Å²) in [5.74, 6) is -1.10. The molecule has 0 aromatic carbocycles. The number of carbonyl (C=O) groups is 2. The first-order valence-corrected chi connectivity index (χ1v) is 9.88. The smallest absolute Gasteiger partial charge is 0.337 e. The highest BCUT2D eigenvalue weighted by Gasteiger charge is 2.24. The Labute approximate surface area is 164 Å². The van der Waals surface area contributed by atoms with Gasteiger partial charge in [0.1, 0.15) is 17.1 Å². The number of carboxylic acid groups (broad SMARTS) is 1. The molecule has 1 fully saturated rings. The molecule has 3 aromatic rings. The Bertz CT molecular complexity index is 1100. The summed E-state index contributed by atoms with van der Waals surface area (Å²) in [5.41, 5.74) is -0.169. The predicted octanol–water partition coefficient (Wildman–Crippen LogP) is 2.23. The van der Waals surface area contributed by atoms with Gasteiger partial charge >= 0.3 is 5.97 Å². The molecule has 0 atom stereocenters. The number of hydrogen-bond acceptors (Lipinski definition) is 6. The van der Waals surface area contributed by atoms with Crippen LogP contribution in [-0.4, -0.2) is 49.5 Å². The lowest BCUT2D eigenvalue weighted by Crippen LogP contribution is -2.40. The van der Waals surface area contributed by atoms with Gasteiger partial charge in [-0.1, -0.05) is 6.07 Å². The molecule has 3 aromatic heterocycles. The molecule has 1 N–H and O–H groups in total. The van der Waals surface area contributed by atoms with Crippen LogP contribution in [0.15, 0.2) is 34.6 Å². The first-order chi connectivity index (χ1) is 13.6. The summed E-state index contributed by atoms with van der Waals surface area (Å²) in [4.78, 5) is 48.3. The molecule has 144 valence electrons. The zero-order valence-electron chi connectivity index (χ0n) is 15.0. The van der Waals surface area contributed by atoms with E-state index in [1.54, 1.807) is 29.3 Å². The zero-order chi connectivity index (χ0) is 19.7. The molecule has 1 amide bonds. The van der Waals surface area contributed by atoms with E-state index in [-0.39, 0.29) is 29.2 Å². The fourth-order valence-electron chi connectivity index (χ4n) is 3.40. The Morgan fingerprint density at radius 3 is 2.64 bits per heavy atom. The quantitative estimate of drug-likeness (QED) is 0.722. The average Bonchev–Trinajstić information content (AvgIpc) is 3.16. The second-order valence-corrected chi connectivity index (χ2v) is 7.48. The van der Waals surface area contributed by atoms with Crippen molar-refractivity contribution >= 4 is 33.4 Å². The Hall–Kier alpha value is -3.07. The minimum absolute atomic E-state index is 0.0311. The molecule has 0 unspecified atom stereocenters. The lowest BCUT2D eigenvalue weighted by molar-refractivity contribution is -0.132. The maximum Gasteiger partial charge on any atom is 0.337 e. The van der Waals surface area contributed by atoms with Crippen molar-refractivity contribution in [2.75, 3.05) is 13.1 Å². The van der Waals surface area contributed by atoms with Crippen LogP contribution in [0.5, 0.6) is 0 Å². The molecule has 0 saturated carbocycles. The van der Waals surface area contributed by atoms with Crippen LogP contribution in [0.25, 0.3) is 21.7 Å². The van der Waals surface area contributed by atoms with Gasteiger partial charge in [0.25, 0.3) is 5.56 Å². The van der Waals surface area contributed by atoms with Crippen LogP contribution in [0.3, 0.4) is 0 Å². The number of fused-ring (bicyclic) bond motifs is 1. The third-order valence-corrected chi connectivity index (χ3v) is 5.69. The van der Waals surface area contributed by atoms with E-state index in [0.29, 0.717) is 23.6 Å². The Morgan fingerprint density at radius 1 is 1.18 bits per heavy atom. The number of nitrogens with zero attached hydrogens (tertiary/aromatic N) is 4. The SMILES string of the molecule is O=C(O)c1csc2nc(-c3ccccn3)n(CC(=O)N3CCCCC3)c(=O)c12. The molecule has 0 radical (unpaired) electrons. The van der Waals surface area contributed by atoms with Gasteiger partial charge in [0.05, 0.1) is 10.9 Å². The van der Waals surface area contributed by atoms with Gasteiger partial charge in [-0.15, -0.1) is 11.3 Å². The average molecular weight is 398 g/mol. The number of aromatic nitrogens is 3. The fraction of sp³-hybridized carbons (Fsp3) is 0.316. The predicted molar refractivity (Wildman–Crippen MR) is 105 cm³/mol. The van der Waals surface area contributed by atoms with Crippen molar-refractivity contribution in [3.8, 4) is 11.5 Å². The van der Waals surface area contributed by atoms with Crippen LogP contribution in [0.2, 0.25) is 0 Å². The number of hydrogen-bond donors (Lipinski definition) is 1. The zero-order valence-corrected chi connectivity index (χ0v) is 15.8.